The first-order valence-corrected chi connectivity index (χ1v) is 8.88. The molecule has 0 radical (unpaired) electrons. The van der Waals surface area contributed by atoms with E-state index < -0.39 is 11.5 Å². The van der Waals surface area contributed by atoms with E-state index in [1.54, 1.807) is 11.3 Å². The molecule has 2 N–H and O–H groups in total. The third kappa shape index (κ3) is 5.32. The molecular formula is C17H25NO4S. The van der Waals surface area contributed by atoms with Crippen LogP contribution in [0.3, 0.4) is 0 Å². The van der Waals surface area contributed by atoms with Crippen LogP contribution in [0.5, 0.6) is 0 Å². The van der Waals surface area contributed by atoms with Gasteiger partial charge < -0.3 is 15.2 Å². The van der Waals surface area contributed by atoms with Gasteiger partial charge in [-0.25, -0.2) is 0 Å². The van der Waals surface area contributed by atoms with Crippen molar-refractivity contribution < 1.29 is 19.4 Å². The second kappa shape index (κ2) is 7.93. The zero-order valence-corrected chi connectivity index (χ0v) is 14.6. The summed E-state index contributed by atoms with van der Waals surface area (Å²) in [4.78, 5) is 25.9. The van der Waals surface area contributed by atoms with Crippen molar-refractivity contribution in [1.82, 2.24) is 5.32 Å². The summed E-state index contributed by atoms with van der Waals surface area (Å²) in [5.41, 5.74) is 0.669. The molecule has 0 aromatic carbocycles. The molecule has 0 spiro atoms. The minimum atomic E-state index is -0.878. The predicted octanol–water partition coefficient (Wildman–Crippen LogP) is 2.83. The van der Waals surface area contributed by atoms with E-state index in [-0.39, 0.29) is 12.3 Å². The average molecular weight is 339 g/mol. The number of aliphatic carboxylic acids is 1. The Balaban J connectivity index is 1.84. The second-order valence-corrected chi connectivity index (χ2v) is 7.76. The molecule has 1 aromatic heterocycles. The number of carboxylic acids is 1. The highest BCUT2D eigenvalue weighted by Crippen LogP contribution is 2.25. The van der Waals surface area contributed by atoms with E-state index in [0.717, 1.165) is 12.8 Å². The Morgan fingerprint density at radius 3 is 2.61 bits per heavy atom. The molecule has 1 amide bonds. The number of hydrogen-bond donors (Lipinski definition) is 2. The fraction of sp³-hybridized carbons (Fsp3) is 0.647. The Morgan fingerprint density at radius 1 is 1.35 bits per heavy atom. The highest BCUT2D eigenvalue weighted by Gasteiger charge is 2.36. The quantitative estimate of drug-likeness (QED) is 0.801. The maximum Gasteiger partial charge on any atom is 0.305 e. The fourth-order valence-electron chi connectivity index (χ4n) is 3.13. The van der Waals surface area contributed by atoms with Crippen LogP contribution in [0.1, 0.15) is 47.4 Å². The molecule has 2 heterocycles. The SMILES string of the molecule is Cc1cc(CCCC(=O)NC2(CC(=O)O)CCOCC2)c(C)s1. The number of ether oxygens (including phenoxy) is 1. The first kappa shape index (κ1) is 17.9. The fourth-order valence-corrected chi connectivity index (χ4v) is 4.10. The van der Waals surface area contributed by atoms with Gasteiger partial charge in [0.15, 0.2) is 0 Å². The van der Waals surface area contributed by atoms with E-state index in [9.17, 15) is 9.59 Å². The zero-order chi connectivity index (χ0) is 16.9. The molecule has 1 fully saturated rings. The normalized spacial score (nSPS) is 17.0. The van der Waals surface area contributed by atoms with E-state index in [0.29, 0.717) is 32.5 Å². The van der Waals surface area contributed by atoms with Gasteiger partial charge in [0.1, 0.15) is 0 Å². The van der Waals surface area contributed by atoms with Crippen LogP contribution in [0.2, 0.25) is 0 Å². The van der Waals surface area contributed by atoms with Crippen molar-refractivity contribution in [2.75, 3.05) is 13.2 Å². The molecule has 6 heteroatoms. The number of carbonyl (C=O) groups is 2. The van der Waals surface area contributed by atoms with E-state index in [1.807, 2.05) is 0 Å². The Kier molecular flexibility index (Phi) is 6.18. The number of rotatable bonds is 7. The molecule has 0 aliphatic carbocycles. The largest absolute Gasteiger partial charge is 0.481 e. The van der Waals surface area contributed by atoms with Gasteiger partial charge in [-0.1, -0.05) is 0 Å². The van der Waals surface area contributed by atoms with Crippen molar-refractivity contribution in [2.24, 2.45) is 0 Å². The van der Waals surface area contributed by atoms with E-state index >= 15 is 0 Å². The van der Waals surface area contributed by atoms with Crippen LogP contribution in [0.4, 0.5) is 0 Å². The van der Waals surface area contributed by atoms with Crippen LogP contribution in [0.25, 0.3) is 0 Å². The zero-order valence-electron chi connectivity index (χ0n) is 13.8. The summed E-state index contributed by atoms with van der Waals surface area (Å²) < 4.78 is 5.30. The van der Waals surface area contributed by atoms with E-state index in [4.69, 9.17) is 9.84 Å². The third-order valence-corrected chi connectivity index (χ3v) is 5.35. The van der Waals surface area contributed by atoms with Crippen LogP contribution in [-0.2, 0) is 20.7 Å². The number of hydrogen-bond acceptors (Lipinski definition) is 4. The molecule has 1 aliphatic rings. The van der Waals surface area contributed by atoms with Gasteiger partial charge in [0.05, 0.1) is 12.0 Å². The monoisotopic (exact) mass is 339 g/mol. The first-order chi connectivity index (χ1) is 10.9. The van der Waals surface area contributed by atoms with Crippen molar-refractivity contribution in [3.05, 3.63) is 21.4 Å². The molecule has 0 saturated carbocycles. The molecule has 5 nitrogen and oxygen atoms in total. The lowest BCUT2D eigenvalue weighted by atomic mass is 9.86. The van der Waals surface area contributed by atoms with Crippen LogP contribution in [0.15, 0.2) is 6.07 Å². The number of aryl methyl sites for hydroxylation is 3. The lowest BCUT2D eigenvalue weighted by Gasteiger charge is -2.36. The molecule has 0 bridgehead atoms. The summed E-state index contributed by atoms with van der Waals surface area (Å²) >= 11 is 1.78. The molecule has 1 saturated heterocycles. The number of carboxylic acid groups (broad SMARTS) is 1. The number of carbonyl (C=O) groups excluding carboxylic acids is 1. The minimum absolute atomic E-state index is 0.0368. The smallest absolute Gasteiger partial charge is 0.305 e. The van der Waals surface area contributed by atoms with Gasteiger partial charge in [-0.3, -0.25) is 9.59 Å². The van der Waals surface area contributed by atoms with Gasteiger partial charge in [0, 0.05) is 29.4 Å². The van der Waals surface area contributed by atoms with Crippen LogP contribution in [-0.4, -0.2) is 35.7 Å². The molecule has 1 aliphatic heterocycles. The summed E-state index contributed by atoms with van der Waals surface area (Å²) in [6.45, 7) is 5.20. The van der Waals surface area contributed by atoms with Gasteiger partial charge in [-0.05, 0) is 51.2 Å². The van der Waals surface area contributed by atoms with Crippen molar-refractivity contribution >= 4 is 23.2 Å². The highest BCUT2D eigenvalue weighted by molar-refractivity contribution is 7.12. The first-order valence-electron chi connectivity index (χ1n) is 8.07. The Morgan fingerprint density at radius 2 is 2.04 bits per heavy atom. The maximum absolute atomic E-state index is 12.2. The molecule has 2 rings (SSSR count). The summed E-state index contributed by atoms with van der Waals surface area (Å²) in [6.07, 6.45) is 3.18. The molecule has 128 valence electrons. The third-order valence-electron chi connectivity index (χ3n) is 4.34. The Hall–Kier alpha value is -1.40. The van der Waals surface area contributed by atoms with Crippen LogP contribution in [0, 0.1) is 13.8 Å². The van der Waals surface area contributed by atoms with Crippen molar-refractivity contribution in [1.29, 1.82) is 0 Å². The van der Waals surface area contributed by atoms with Crippen molar-refractivity contribution in [3.63, 3.8) is 0 Å². The Bertz CT molecular complexity index is 561. The highest BCUT2D eigenvalue weighted by atomic mass is 32.1. The van der Waals surface area contributed by atoms with Crippen molar-refractivity contribution in [3.8, 4) is 0 Å². The summed E-state index contributed by atoms with van der Waals surface area (Å²) in [5, 5.41) is 12.1. The summed E-state index contributed by atoms with van der Waals surface area (Å²) in [6, 6.07) is 2.18. The molecule has 0 atom stereocenters. The van der Waals surface area contributed by atoms with Gasteiger partial charge in [0.2, 0.25) is 5.91 Å². The molecular weight excluding hydrogens is 314 g/mol. The lowest BCUT2D eigenvalue weighted by Crippen LogP contribution is -2.53. The van der Waals surface area contributed by atoms with E-state index in [1.165, 1.54) is 15.3 Å². The van der Waals surface area contributed by atoms with E-state index in [2.05, 4.69) is 25.2 Å². The van der Waals surface area contributed by atoms with Gasteiger partial charge >= 0.3 is 5.97 Å². The van der Waals surface area contributed by atoms with Gasteiger partial charge in [-0.2, -0.15) is 0 Å². The number of amides is 1. The second-order valence-electron chi connectivity index (χ2n) is 6.30. The molecule has 1 aromatic rings. The lowest BCUT2D eigenvalue weighted by molar-refractivity contribution is -0.140. The summed E-state index contributed by atoms with van der Waals surface area (Å²) in [7, 11) is 0. The molecule has 0 unspecified atom stereocenters. The maximum atomic E-state index is 12.2. The topological polar surface area (TPSA) is 75.6 Å². The predicted molar refractivity (Wildman–Crippen MR) is 89.9 cm³/mol. The van der Waals surface area contributed by atoms with Crippen LogP contribution < -0.4 is 5.32 Å². The minimum Gasteiger partial charge on any atom is -0.481 e. The van der Waals surface area contributed by atoms with Gasteiger partial charge in [-0.15, -0.1) is 11.3 Å². The average Bonchev–Trinajstić information content (AvgIpc) is 2.77. The van der Waals surface area contributed by atoms with Crippen LogP contribution >= 0.6 is 11.3 Å². The van der Waals surface area contributed by atoms with Crippen molar-refractivity contribution in [2.45, 2.75) is 57.9 Å². The number of nitrogens with one attached hydrogen (secondary N) is 1. The Labute approximate surface area is 141 Å². The summed E-state index contributed by atoms with van der Waals surface area (Å²) in [5.74, 6) is -0.936. The molecule has 23 heavy (non-hydrogen) atoms. The number of thiophene rings is 1. The van der Waals surface area contributed by atoms with Gasteiger partial charge in [0.25, 0.3) is 0 Å². The standard InChI is InChI=1S/C17H25NO4S/c1-12-10-14(13(2)23-12)4-3-5-15(19)18-17(11-16(20)21)6-8-22-9-7-17/h10H,3-9,11H2,1-2H3,(H,18,19)(H,20,21).